The average Bonchev–Trinajstić information content (AvgIpc) is 2.35. The topological polar surface area (TPSA) is 12.0 Å². The molecule has 1 nitrogen and oxygen atoms in total. The van der Waals surface area contributed by atoms with Crippen molar-refractivity contribution in [3.63, 3.8) is 0 Å². The van der Waals surface area contributed by atoms with Crippen molar-refractivity contribution in [2.75, 3.05) is 5.32 Å². The summed E-state index contributed by atoms with van der Waals surface area (Å²) in [4.78, 5) is 0. The molecule has 1 N–H and O–H groups in total. The fourth-order valence-electron chi connectivity index (χ4n) is 2.48. The van der Waals surface area contributed by atoms with Gasteiger partial charge in [-0.2, -0.15) is 0 Å². The zero-order valence-electron chi connectivity index (χ0n) is 11.4. The van der Waals surface area contributed by atoms with Gasteiger partial charge in [-0.1, -0.05) is 32.4 Å². The van der Waals surface area contributed by atoms with E-state index in [4.69, 9.17) is 0 Å². The Bertz CT molecular complexity index is 370. The minimum atomic E-state index is 0.633. The maximum absolute atomic E-state index is 3.56. The van der Waals surface area contributed by atoms with Crippen LogP contribution in [-0.4, -0.2) is 6.04 Å². The van der Waals surface area contributed by atoms with Crippen LogP contribution in [0.3, 0.4) is 0 Å². The highest BCUT2D eigenvalue weighted by Gasteiger charge is 2.14. The van der Waals surface area contributed by atoms with E-state index in [2.05, 4.69) is 44.3 Å². The van der Waals surface area contributed by atoms with Gasteiger partial charge in [0.1, 0.15) is 0 Å². The SMILES string of the molecule is CCC(C)CCc1ccc2c(c1)CCC(C)N2. The van der Waals surface area contributed by atoms with Crippen molar-refractivity contribution in [3.05, 3.63) is 29.3 Å². The van der Waals surface area contributed by atoms with Gasteiger partial charge < -0.3 is 5.32 Å². The highest BCUT2D eigenvalue weighted by atomic mass is 14.9. The maximum atomic E-state index is 3.56. The summed E-state index contributed by atoms with van der Waals surface area (Å²) in [5.74, 6) is 0.851. The lowest BCUT2D eigenvalue weighted by Gasteiger charge is -2.24. The van der Waals surface area contributed by atoms with Gasteiger partial charge in [-0.3, -0.25) is 0 Å². The molecule has 0 aromatic heterocycles. The van der Waals surface area contributed by atoms with E-state index in [0.29, 0.717) is 6.04 Å². The number of fused-ring (bicyclic) bond motifs is 1. The summed E-state index contributed by atoms with van der Waals surface area (Å²) in [5.41, 5.74) is 4.39. The first kappa shape index (κ1) is 12.5. The molecular formula is C16H25N. The van der Waals surface area contributed by atoms with Crippen molar-refractivity contribution in [2.45, 2.75) is 58.9 Å². The van der Waals surface area contributed by atoms with Crippen LogP contribution < -0.4 is 5.32 Å². The Balaban J connectivity index is 2.01. The first-order valence-corrected chi connectivity index (χ1v) is 7.07. The van der Waals surface area contributed by atoms with Crippen molar-refractivity contribution in [1.29, 1.82) is 0 Å². The number of nitrogens with one attached hydrogen (secondary N) is 1. The Morgan fingerprint density at radius 3 is 3.00 bits per heavy atom. The zero-order valence-corrected chi connectivity index (χ0v) is 11.4. The quantitative estimate of drug-likeness (QED) is 0.809. The van der Waals surface area contributed by atoms with Crippen molar-refractivity contribution in [3.8, 4) is 0 Å². The predicted molar refractivity (Wildman–Crippen MR) is 75.6 cm³/mol. The number of benzene rings is 1. The summed E-state index contributed by atoms with van der Waals surface area (Å²) in [6.45, 7) is 6.89. The summed E-state index contributed by atoms with van der Waals surface area (Å²) in [6.07, 6.45) is 6.35. The standard InChI is InChI=1S/C16H25N/c1-4-12(2)5-7-14-8-10-16-15(11-14)9-6-13(3)17-16/h8,10-13,17H,4-7,9H2,1-3H3. The smallest absolute Gasteiger partial charge is 0.0374 e. The third-order valence-electron chi connectivity index (χ3n) is 4.04. The average molecular weight is 231 g/mol. The number of hydrogen-bond acceptors (Lipinski definition) is 1. The Morgan fingerprint density at radius 2 is 2.24 bits per heavy atom. The fraction of sp³-hybridized carbons (Fsp3) is 0.625. The van der Waals surface area contributed by atoms with Gasteiger partial charge in [-0.05, 0) is 55.7 Å². The maximum Gasteiger partial charge on any atom is 0.0374 e. The van der Waals surface area contributed by atoms with Crippen LogP contribution >= 0.6 is 0 Å². The van der Waals surface area contributed by atoms with Crippen LogP contribution in [0, 0.1) is 5.92 Å². The molecule has 0 fully saturated rings. The first-order chi connectivity index (χ1) is 8.19. The third-order valence-corrected chi connectivity index (χ3v) is 4.04. The Hall–Kier alpha value is -0.980. The highest BCUT2D eigenvalue weighted by Crippen LogP contribution is 2.26. The molecule has 1 aliphatic heterocycles. The highest BCUT2D eigenvalue weighted by molar-refractivity contribution is 5.55. The van der Waals surface area contributed by atoms with Crippen LogP contribution in [0.5, 0.6) is 0 Å². The molecule has 1 aromatic rings. The summed E-state index contributed by atoms with van der Waals surface area (Å²) in [5, 5.41) is 3.56. The zero-order chi connectivity index (χ0) is 12.3. The van der Waals surface area contributed by atoms with E-state index in [1.165, 1.54) is 48.9 Å². The molecule has 1 aromatic carbocycles. The third kappa shape index (κ3) is 3.24. The summed E-state index contributed by atoms with van der Waals surface area (Å²) >= 11 is 0. The normalized spacial score (nSPS) is 20.5. The van der Waals surface area contributed by atoms with Gasteiger partial charge in [0, 0.05) is 11.7 Å². The molecule has 2 rings (SSSR count). The van der Waals surface area contributed by atoms with Crippen LogP contribution in [0.2, 0.25) is 0 Å². The Morgan fingerprint density at radius 1 is 1.41 bits per heavy atom. The molecule has 0 aliphatic carbocycles. The van der Waals surface area contributed by atoms with Crippen molar-refractivity contribution < 1.29 is 0 Å². The molecule has 0 saturated carbocycles. The second-order valence-corrected chi connectivity index (χ2v) is 5.63. The lowest BCUT2D eigenvalue weighted by atomic mass is 9.94. The van der Waals surface area contributed by atoms with E-state index in [1.807, 2.05) is 0 Å². The molecular weight excluding hydrogens is 206 g/mol. The molecule has 94 valence electrons. The molecule has 1 heterocycles. The van der Waals surface area contributed by atoms with E-state index < -0.39 is 0 Å². The minimum absolute atomic E-state index is 0.633. The molecule has 1 heteroatoms. The summed E-state index contributed by atoms with van der Waals surface area (Å²) < 4.78 is 0. The van der Waals surface area contributed by atoms with Gasteiger partial charge in [-0.15, -0.1) is 0 Å². The summed E-state index contributed by atoms with van der Waals surface area (Å²) in [6, 6.07) is 7.62. The summed E-state index contributed by atoms with van der Waals surface area (Å²) in [7, 11) is 0. The molecule has 0 saturated heterocycles. The molecule has 2 unspecified atom stereocenters. The van der Waals surface area contributed by atoms with Gasteiger partial charge >= 0.3 is 0 Å². The predicted octanol–water partition coefficient (Wildman–Crippen LogP) is 4.41. The van der Waals surface area contributed by atoms with E-state index in [1.54, 1.807) is 0 Å². The largest absolute Gasteiger partial charge is 0.382 e. The van der Waals surface area contributed by atoms with Crippen molar-refractivity contribution >= 4 is 5.69 Å². The van der Waals surface area contributed by atoms with Gasteiger partial charge in [0.25, 0.3) is 0 Å². The van der Waals surface area contributed by atoms with E-state index >= 15 is 0 Å². The van der Waals surface area contributed by atoms with Gasteiger partial charge in [-0.25, -0.2) is 0 Å². The molecule has 0 amide bonds. The van der Waals surface area contributed by atoms with Crippen LogP contribution in [0.4, 0.5) is 5.69 Å². The van der Waals surface area contributed by atoms with Gasteiger partial charge in [0.2, 0.25) is 0 Å². The fourth-order valence-corrected chi connectivity index (χ4v) is 2.48. The second kappa shape index (κ2) is 5.57. The molecule has 0 spiro atoms. The van der Waals surface area contributed by atoms with E-state index in [-0.39, 0.29) is 0 Å². The first-order valence-electron chi connectivity index (χ1n) is 7.07. The number of hydrogen-bond donors (Lipinski definition) is 1. The minimum Gasteiger partial charge on any atom is -0.382 e. The number of rotatable bonds is 4. The van der Waals surface area contributed by atoms with Gasteiger partial charge in [0.15, 0.2) is 0 Å². The second-order valence-electron chi connectivity index (χ2n) is 5.63. The lowest BCUT2D eigenvalue weighted by molar-refractivity contribution is 0.516. The van der Waals surface area contributed by atoms with Crippen LogP contribution in [0.1, 0.15) is 51.2 Å². The number of anilines is 1. The van der Waals surface area contributed by atoms with Crippen LogP contribution in [-0.2, 0) is 12.8 Å². The number of aryl methyl sites for hydroxylation is 2. The van der Waals surface area contributed by atoms with E-state index in [9.17, 15) is 0 Å². The van der Waals surface area contributed by atoms with Crippen LogP contribution in [0.25, 0.3) is 0 Å². The molecule has 0 radical (unpaired) electrons. The van der Waals surface area contributed by atoms with Crippen LogP contribution in [0.15, 0.2) is 18.2 Å². The monoisotopic (exact) mass is 231 g/mol. The Kier molecular flexibility index (Phi) is 4.09. The molecule has 2 atom stereocenters. The molecule has 17 heavy (non-hydrogen) atoms. The van der Waals surface area contributed by atoms with Gasteiger partial charge in [0.05, 0.1) is 0 Å². The molecule has 1 aliphatic rings. The van der Waals surface area contributed by atoms with E-state index in [0.717, 1.165) is 5.92 Å². The van der Waals surface area contributed by atoms with Crippen molar-refractivity contribution in [2.24, 2.45) is 5.92 Å². The Labute approximate surface area is 106 Å². The van der Waals surface area contributed by atoms with Crippen molar-refractivity contribution in [1.82, 2.24) is 0 Å². The molecule has 0 bridgehead atoms. The lowest BCUT2D eigenvalue weighted by Crippen LogP contribution is -2.21.